The molecule has 3 rings (SSSR count). The Morgan fingerprint density at radius 1 is 0.619 bits per heavy atom. The number of hydrogen-bond acceptors (Lipinski definition) is 3. The number of hydrogen-bond donors (Lipinski definition) is 2. The van der Waals surface area contributed by atoms with Gasteiger partial charge in [-0.1, -0.05) is 65.0 Å². The van der Waals surface area contributed by atoms with Crippen LogP contribution in [-0.2, 0) is 15.9 Å². The second-order valence-electron chi connectivity index (χ2n) is 8.06. The summed E-state index contributed by atoms with van der Waals surface area (Å²) in [6.07, 6.45) is -19.6. The first-order chi connectivity index (χ1) is 19.0. The van der Waals surface area contributed by atoms with E-state index in [4.69, 9.17) is 14.9 Å². The van der Waals surface area contributed by atoms with Gasteiger partial charge in [0.25, 0.3) is 11.2 Å². The minimum Gasteiger partial charge on any atom is -0.381 e. The van der Waals surface area contributed by atoms with E-state index in [1.807, 2.05) is 0 Å². The number of ether oxygens (including phenoxy) is 1. The molecule has 2 N–H and O–H groups in total. The molecule has 0 aromatic heterocycles. The third kappa shape index (κ3) is 9.43. The maximum atomic E-state index is 12.5. The lowest BCUT2D eigenvalue weighted by atomic mass is 9.91. The SMILES string of the molecule is C1CCOC1.C=Cc1ccc(C(O)(C(F)(F)F)C(F)(F)F)cc1.OC(c1ccc(Br)cc1)(C(F)(F)F)C(F)(F)F.[CH+]=C. The summed E-state index contributed by atoms with van der Waals surface area (Å²) in [4.78, 5) is 0. The second-order valence-corrected chi connectivity index (χ2v) is 8.98. The molecule has 0 atom stereocenters. The summed E-state index contributed by atoms with van der Waals surface area (Å²) in [5, 5.41) is 18.0. The van der Waals surface area contributed by atoms with Gasteiger partial charge in [-0.2, -0.15) is 52.7 Å². The highest BCUT2D eigenvalue weighted by Crippen LogP contribution is 2.51. The maximum Gasteiger partial charge on any atom is 0.430 e. The number of aliphatic hydroxyl groups is 2. The lowest BCUT2D eigenvalue weighted by molar-refractivity contribution is -0.376. The smallest absolute Gasteiger partial charge is 0.381 e. The molecule has 0 amide bonds. The Balaban J connectivity index is 0.000000652. The van der Waals surface area contributed by atoms with Crippen LogP contribution in [0.1, 0.15) is 29.5 Å². The Morgan fingerprint density at radius 2 is 0.905 bits per heavy atom. The molecule has 0 aliphatic carbocycles. The molecular formula is C26H24BrF12O3+. The van der Waals surface area contributed by atoms with E-state index in [-0.39, 0.29) is 0 Å². The Labute approximate surface area is 241 Å². The van der Waals surface area contributed by atoms with Crippen LogP contribution in [0.2, 0.25) is 0 Å². The first-order valence-corrected chi connectivity index (χ1v) is 12.0. The van der Waals surface area contributed by atoms with Crippen LogP contribution in [0, 0.1) is 6.58 Å². The quantitative estimate of drug-likeness (QED) is 0.250. The summed E-state index contributed by atoms with van der Waals surface area (Å²) in [6.45, 7) is 12.3. The van der Waals surface area contributed by atoms with Crippen LogP contribution in [0.15, 0.2) is 66.2 Å². The fraction of sp³-hybridized carbons (Fsp3) is 0.385. The van der Waals surface area contributed by atoms with Crippen LogP contribution in [-0.4, -0.2) is 48.1 Å². The van der Waals surface area contributed by atoms with Gasteiger partial charge in [0, 0.05) is 28.8 Å². The van der Waals surface area contributed by atoms with E-state index in [0.29, 0.717) is 34.3 Å². The van der Waals surface area contributed by atoms with Crippen LogP contribution in [0.25, 0.3) is 6.08 Å². The predicted octanol–water partition coefficient (Wildman–Crippen LogP) is 8.81. The normalized spacial score (nSPS) is 14.3. The summed E-state index contributed by atoms with van der Waals surface area (Å²) in [5.41, 5.74) is -12.0. The molecule has 1 saturated heterocycles. The monoisotopic (exact) mass is 691 g/mol. The van der Waals surface area contributed by atoms with E-state index in [0.717, 1.165) is 37.5 Å². The van der Waals surface area contributed by atoms with Gasteiger partial charge in [-0.3, -0.25) is 0 Å². The van der Waals surface area contributed by atoms with Gasteiger partial charge in [-0.05, 0) is 30.5 Å². The van der Waals surface area contributed by atoms with Crippen LogP contribution in [0.4, 0.5) is 52.7 Å². The number of rotatable bonds is 3. The van der Waals surface area contributed by atoms with Gasteiger partial charge < -0.3 is 14.9 Å². The van der Waals surface area contributed by atoms with Crippen molar-refractivity contribution in [1.82, 2.24) is 0 Å². The highest BCUT2D eigenvalue weighted by molar-refractivity contribution is 9.10. The first kappa shape index (κ1) is 39.4. The highest BCUT2D eigenvalue weighted by Gasteiger charge is 2.72. The van der Waals surface area contributed by atoms with Crippen molar-refractivity contribution in [2.24, 2.45) is 0 Å². The molecule has 0 bridgehead atoms. The van der Waals surface area contributed by atoms with Crippen LogP contribution in [0.3, 0.4) is 0 Å². The summed E-state index contributed by atoms with van der Waals surface area (Å²) in [6, 6.07) is 6.23. The molecule has 0 radical (unpaired) electrons. The van der Waals surface area contributed by atoms with E-state index in [1.54, 1.807) is 0 Å². The van der Waals surface area contributed by atoms with Gasteiger partial charge in [0.1, 0.15) is 6.58 Å². The highest BCUT2D eigenvalue weighted by atomic mass is 79.9. The summed E-state index contributed by atoms with van der Waals surface area (Å²) in [7, 11) is 0. The predicted molar refractivity (Wildman–Crippen MR) is 133 cm³/mol. The van der Waals surface area contributed by atoms with Crippen LogP contribution >= 0.6 is 15.9 Å². The lowest BCUT2D eigenvalue weighted by Gasteiger charge is -2.32. The number of benzene rings is 2. The van der Waals surface area contributed by atoms with Gasteiger partial charge in [-0.25, -0.2) is 0 Å². The van der Waals surface area contributed by atoms with Crippen molar-refractivity contribution < 1.29 is 67.6 Å². The summed E-state index contributed by atoms with van der Waals surface area (Å²) < 4.78 is 155. The molecule has 3 nitrogen and oxygen atoms in total. The van der Waals surface area contributed by atoms with Gasteiger partial charge in [0.15, 0.2) is 6.58 Å². The lowest BCUT2D eigenvalue weighted by Crippen LogP contribution is -2.53. The van der Waals surface area contributed by atoms with E-state index >= 15 is 0 Å². The summed E-state index contributed by atoms with van der Waals surface area (Å²) in [5.74, 6) is 0. The molecule has 0 saturated carbocycles. The molecule has 16 heteroatoms. The number of alkyl halides is 12. The van der Waals surface area contributed by atoms with E-state index in [9.17, 15) is 52.7 Å². The van der Waals surface area contributed by atoms with Crippen molar-refractivity contribution in [1.29, 1.82) is 0 Å². The fourth-order valence-corrected chi connectivity index (χ4v) is 3.30. The molecule has 1 aliphatic heterocycles. The third-order valence-electron chi connectivity index (χ3n) is 5.29. The molecule has 2 aromatic rings. The van der Waals surface area contributed by atoms with Crippen molar-refractivity contribution in [3.8, 4) is 0 Å². The Bertz CT molecular complexity index is 1050. The molecule has 1 aliphatic rings. The first-order valence-electron chi connectivity index (χ1n) is 11.2. The van der Waals surface area contributed by atoms with Crippen molar-refractivity contribution in [2.75, 3.05) is 13.2 Å². The van der Waals surface area contributed by atoms with E-state index in [2.05, 4.69) is 35.7 Å². The van der Waals surface area contributed by atoms with Crippen LogP contribution < -0.4 is 0 Å². The minimum absolute atomic E-state index is 0.299. The van der Waals surface area contributed by atoms with Crippen molar-refractivity contribution >= 4 is 22.0 Å². The van der Waals surface area contributed by atoms with Gasteiger partial charge in [0.05, 0.1) is 0 Å². The molecule has 42 heavy (non-hydrogen) atoms. The molecule has 236 valence electrons. The van der Waals surface area contributed by atoms with Gasteiger partial charge in [0.2, 0.25) is 0 Å². The molecule has 0 unspecified atom stereocenters. The second kappa shape index (κ2) is 15.2. The minimum atomic E-state index is -5.86. The average molecular weight is 692 g/mol. The van der Waals surface area contributed by atoms with Crippen molar-refractivity contribution in [2.45, 2.75) is 48.7 Å². The fourth-order valence-electron chi connectivity index (χ4n) is 3.04. The third-order valence-corrected chi connectivity index (χ3v) is 5.82. The molecular weight excluding hydrogens is 668 g/mol. The largest absolute Gasteiger partial charge is 0.430 e. The summed E-state index contributed by atoms with van der Waals surface area (Å²) >= 11 is 2.87. The van der Waals surface area contributed by atoms with E-state index in [1.165, 1.54) is 18.9 Å². The average Bonchev–Trinajstić information content (AvgIpc) is 3.48. The topological polar surface area (TPSA) is 49.7 Å². The van der Waals surface area contributed by atoms with Crippen molar-refractivity contribution in [3.63, 3.8) is 0 Å². The zero-order chi connectivity index (χ0) is 33.2. The Kier molecular flexibility index (Phi) is 14.2. The number of halogens is 13. The molecule has 1 heterocycles. The standard InChI is InChI=1S/C11H8F6O.C9H5BrF6O.C4H8O.C2H3/c1-2-7-3-5-8(6-4-7)9(18,10(12,13)14)11(15,16)17;10-6-3-1-5(2-4-6)7(17,8(11,12)13)9(14,15)16;1-2-4-5-3-1;1-2/h2-6,18H,1H2;1-4,17H;1-4H2;1H,2H2/q;;;+1. The Hall–Kier alpha value is -2.65. The Morgan fingerprint density at radius 3 is 1.12 bits per heavy atom. The zero-order valence-electron chi connectivity index (χ0n) is 21.2. The van der Waals surface area contributed by atoms with E-state index < -0.39 is 47.0 Å². The van der Waals surface area contributed by atoms with Crippen LogP contribution in [0.5, 0.6) is 0 Å². The molecule has 0 spiro atoms. The van der Waals surface area contributed by atoms with Gasteiger partial charge in [-0.15, -0.1) is 0 Å². The zero-order valence-corrected chi connectivity index (χ0v) is 22.8. The van der Waals surface area contributed by atoms with Gasteiger partial charge >= 0.3 is 24.7 Å². The maximum absolute atomic E-state index is 12.5. The molecule has 2 aromatic carbocycles. The molecule has 1 fully saturated rings. The van der Waals surface area contributed by atoms with Crippen molar-refractivity contribution in [3.05, 3.63) is 89.4 Å².